The van der Waals surface area contributed by atoms with Crippen LogP contribution in [0.5, 0.6) is 0 Å². The maximum atomic E-state index is 10.9. The monoisotopic (exact) mass is 391 g/mol. The fraction of sp³-hybridized carbons (Fsp3) is 0.808. The molecule has 0 aliphatic carbocycles. The van der Waals surface area contributed by atoms with Gasteiger partial charge in [-0.2, -0.15) is 0 Å². The van der Waals surface area contributed by atoms with E-state index in [9.17, 15) is 4.79 Å². The predicted octanol–water partition coefficient (Wildman–Crippen LogP) is 8.41. The molecule has 2 heteroatoms. The summed E-state index contributed by atoms with van der Waals surface area (Å²) >= 11 is 0. The fourth-order valence-electron chi connectivity index (χ4n) is 3.52. The number of primary amides is 1. The number of allylic oxidation sites excluding steroid dienone is 3. The second-order valence-corrected chi connectivity index (χ2v) is 8.39. The molecule has 0 unspecified atom stereocenters. The Bertz CT molecular complexity index is 397. The Hall–Kier alpha value is -1.05. The van der Waals surface area contributed by atoms with Gasteiger partial charge in [0.2, 0.25) is 5.91 Å². The largest absolute Gasteiger partial charge is 0.366 e. The minimum absolute atomic E-state index is 0.288. The molecule has 0 aliphatic heterocycles. The van der Waals surface area contributed by atoms with Gasteiger partial charge in [0.15, 0.2) is 0 Å². The summed E-state index contributed by atoms with van der Waals surface area (Å²) in [4.78, 5) is 10.9. The van der Waals surface area contributed by atoms with Crippen LogP contribution in [0, 0.1) is 0 Å². The molecule has 0 aliphatic rings. The summed E-state index contributed by atoms with van der Waals surface area (Å²) in [5, 5.41) is 0. The van der Waals surface area contributed by atoms with E-state index >= 15 is 0 Å². The lowest BCUT2D eigenvalue weighted by atomic mass is 10.0. The zero-order valence-electron chi connectivity index (χ0n) is 19.2. The summed E-state index contributed by atoms with van der Waals surface area (Å²) in [6, 6.07) is 0. The van der Waals surface area contributed by atoms with Crippen LogP contribution in [0.2, 0.25) is 0 Å². The number of hydrogen-bond donors (Lipinski definition) is 1. The molecule has 0 aromatic carbocycles. The zero-order chi connectivity index (χ0) is 20.7. The maximum Gasteiger partial charge on any atom is 0.244 e. The van der Waals surface area contributed by atoms with Crippen LogP contribution >= 0.6 is 0 Å². The van der Waals surface area contributed by atoms with E-state index in [1.165, 1.54) is 116 Å². The lowest BCUT2D eigenvalue weighted by molar-refractivity contribution is -0.114. The Morgan fingerprint density at radius 2 is 0.964 bits per heavy atom. The van der Waals surface area contributed by atoms with Crippen molar-refractivity contribution in [2.24, 2.45) is 5.73 Å². The first-order valence-corrected chi connectivity index (χ1v) is 12.3. The van der Waals surface area contributed by atoms with Crippen LogP contribution in [0.15, 0.2) is 23.8 Å². The normalized spacial score (nSPS) is 12.1. The van der Waals surface area contributed by atoms with Crippen molar-refractivity contribution in [2.75, 3.05) is 0 Å². The van der Waals surface area contributed by atoms with Crippen molar-refractivity contribution in [3.8, 4) is 0 Å². The van der Waals surface area contributed by atoms with Gasteiger partial charge in [-0.05, 0) is 45.4 Å². The van der Waals surface area contributed by atoms with Crippen LogP contribution in [-0.4, -0.2) is 5.91 Å². The average Bonchev–Trinajstić information content (AvgIpc) is 2.68. The molecule has 0 atom stereocenters. The van der Waals surface area contributed by atoms with E-state index in [0.717, 1.165) is 6.42 Å². The topological polar surface area (TPSA) is 43.1 Å². The highest BCUT2D eigenvalue weighted by Crippen LogP contribution is 2.13. The van der Waals surface area contributed by atoms with Crippen LogP contribution in [0.3, 0.4) is 0 Å². The standard InChI is InChI=1S/C26H49NO/c1-3-4-5-6-7-8-9-10-11-12-13-14-15-16-17-18-19-20-21-22-23-24-25(2)26(27)28/h10-11,24H,3-9,12-23H2,1-2H3,(H2,27,28)/b11-10-,25-24?. The summed E-state index contributed by atoms with van der Waals surface area (Å²) in [5.74, 6) is -0.288. The molecule has 1 amide bonds. The molecular formula is C26H49NO. The summed E-state index contributed by atoms with van der Waals surface area (Å²) in [6.45, 7) is 4.08. The Kier molecular flexibility index (Phi) is 21.4. The van der Waals surface area contributed by atoms with Gasteiger partial charge >= 0.3 is 0 Å². The van der Waals surface area contributed by atoms with E-state index in [-0.39, 0.29) is 5.91 Å². The number of rotatable bonds is 21. The first-order valence-electron chi connectivity index (χ1n) is 12.3. The van der Waals surface area contributed by atoms with Crippen LogP contribution in [0.25, 0.3) is 0 Å². The third kappa shape index (κ3) is 21.3. The number of carbonyl (C=O) groups is 1. The Balaban J connectivity index is 3.16. The molecule has 0 fully saturated rings. The van der Waals surface area contributed by atoms with Gasteiger partial charge in [-0.25, -0.2) is 0 Å². The van der Waals surface area contributed by atoms with E-state index < -0.39 is 0 Å². The first kappa shape index (κ1) is 27.0. The van der Waals surface area contributed by atoms with Gasteiger partial charge < -0.3 is 5.73 Å². The van der Waals surface area contributed by atoms with Crippen molar-refractivity contribution in [1.82, 2.24) is 0 Å². The zero-order valence-corrected chi connectivity index (χ0v) is 19.2. The van der Waals surface area contributed by atoms with Crippen LogP contribution in [0.4, 0.5) is 0 Å². The van der Waals surface area contributed by atoms with Gasteiger partial charge in [-0.15, -0.1) is 0 Å². The smallest absolute Gasteiger partial charge is 0.244 e. The minimum Gasteiger partial charge on any atom is -0.366 e. The van der Waals surface area contributed by atoms with E-state index in [4.69, 9.17) is 5.73 Å². The minimum atomic E-state index is -0.288. The molecule has 0 saturated heterocycles. The van der Waals surface area contributed by atoms with Gasteiger partial charge in [-0.1, -0.05) is 109 Å². The molecule has 2 nitrogen and oxygen atoms in total. The van der Waals surface area contributed by atoms with Crippen LogP contribution in [0.1, 0.15) is 136 Å². The number of nitrogens with two attached hydrogens (primary N) is 1. The summed E-state index contributed by atoms with van der Waals surface area (Å²) in [5.41, 5.74) is 5.92. The second kappa shape index (κ2) is 22.2. The molecule has 28 heavy (non-hydrogen) atoms. The molecular weight excluding hydrogens is 342 g/mol. The molecule has 0 aromatic rings. The molecule has 0 radical (unpaired) electrons. The number of carbonyl (C=O) groups excluding carboxylic acids is 1. The van der Waals surface area contributed by atoms with Gasteiger partial charge in [0, 0.05) is 5.57 Å². The van der Waals surface area contributed by atoms with Gasteiger partial charge in [-0.3, -0.25) is 4.79 Å². The van der Waals surface area contributed by atoms with Gasteiger partial charge in [0.1, 0.15) is 0 Å². The van der Waals surface area contributed by atoms with Crippen molar-refractivity contribution in [2.45, 2.75) is 136 Å². The predicted molar refractivity (Wildman–Crippen MR) is 125 cm³/mol. The maximum absolute atomic E-state index is 10.9. The lowest BCUT2D eigenvalue weighted by Crippen LogP contribution is -2.11. The summed E-state index contributed by atoms with van der Waals surface area (Å²) in [6.07, 6.45) is 32.2. The number of amides is 1. The van der Waals surface area contributed by atoms with Crippen molar-refractivity contribution in [3.63, 3.8) is 0 Å². The molecule has 164 valence electrons. The van der Waals surface area contributed by atoms with E-state index in [1.807, 2.05) is 6.08 Å². The highest BCUT2D eigenvalue weighted by atomic mass is 16.1. The van der Waals surface area contributed by atoms with E-state index in [1.54, 1.807) is 6.92 Å². The van der Waals surface area contributed by atoms with Crippen LogP contribution in [-0.2, 0) is 4.79 Å². The Morgan fingerprint density at radius 3 is 1.36 bits per heavy atom. The lowest BCUT2D eigenvalue weighted by Gasteiger charge is -2.02. The van der Waals surface area contributed by atoms with E-state index in [2.05, 4.69) is 19.1 Å². The molecule has 0 aromatic heterocycles. The van der Waals surface area contributed by atoms with Crippen molar-refractivity contribution in [1.29, 1.82) is 0 Å². The quantitative estimate of drug-likeness (QED) is 0.119. The third-order valence-electron chi connectivity index (χ3n) is 5.56. The Morgan fingerprint density at radius 1 is 0.607 bits per heavy atom. The molecule has 2 N–H and O–H groups in total. The highest BCUT2D eigenvalue weighted by molar-refractivity contribution is 5.91. The molecule has 0 spiro atoms. The van der Waals surface area contributed by atoms with Crippen molar-refractivity contribution in [3.05, 3.63) is 23.8 Å². The SMILES string of the molecule is CCCCCCCC/C=C\CCCCCCCCCCCCC=C(C)C(N)=O. The van der Waals surface area contributed by atoms with Gasteiger partial charge in [0.05, 0.1) is 0 Å². The summed E-state index contributed by atoms with van der Waals surface area (Å²) < 4.78 is 0. The van der Waals surface area contributed by atoms with Crippen molar-refractivity contribution < 1.29 is 4.79 Å². The van der Waals surface area contributed by atoms with E-state index in [0.29, 0.717) is 5.57 Å². The second-order valence-electron chi connectivity index (χ2n) is 8.39. The third-order valence-corrected chi connectivity index (χ3v) is 5.56. The molecule has 0 heterocycles. The number of unbranched alkanes of at least 4 members (excludes halogenated alkanes) is 17. The van der Waals surface area contributed by atoms with Crippen LogP contribution < -0.4 is 5.73 Å². The molecule has 0 rings (SSSR count). The summed E-state index contributed by atoms with van der Waals surface area (Å²) in [7, 11) is 0. The first-order chi connectivity index (χ1) is 13.7. The average molecular weight is 392 g/mol. The molecule has 0 saturated carbocycles. The fourth-order valence-corrected chi connectivity index (χ4v) is 3.52. The Labute approximate surface area is 176 Å². The number of hydrogen-bond acceptors (Lipinski definition) is 1. The van der Waals surface area contributed by atoms with Crippen molar-refractivity contribution >= 4 is 5.91 Å². The molecule has 0 bridgehead atoms. The highest BCUT2D eigenvalue weighted by Gasteiger charge is 1.96. The van der Waals surface area contributed by atoms with Gasteiger partial charge in [0.25, 0.3) is 0 Å².